The second-order valence-corrected chi connectivity index (χ2v) is 6.15. The Balaban J connectivity index is 2.15. The summed E-state index contributed by atoms with van der Waals surface area (Å²) in [6, 6.07) is 0.754. The fourth-order valence-corrected chi connectivity index (χ4v) is 2.72. The lowest BCUT2D eigenvalue weighted by Gasteiger charge is -2.36. The van der Waals surface area contributed by atoms with Crippen molar-refractivity contribution in [3.63, 3.8) is 0 Å². The summed E-state index contributed by atoms with van der Waals surface area (Å²) in [7, 11) is 0. The number of likely N-dealkylation sites (tertiary alicyclic amines) is 1. The zero-order chi connectivity index (χ0) is 12.7. The van der Waals surface area contributed by atoms with Crippen LogP contribution in [0.1, 0.15) is 53.4 Å². The van der Waals surface area contributed by atoms with E-state index in [4.69, 9.17) is 0 Å². The van der Waals surface area contributed by atoms with E-state index in [1.165, 1.54) is 45.3 Å². The molecular formula is C15H32N2. The lowest BCUT2D eigenvalue weighted by molar-refractivity contribution is 0.124. The average Bonchev–Trinajstić information content (AvgIpc) is 2.34. The van der Waals surface area contributed by atoms with Gasteiger partial charge in [-0.05, 0) is 57.7 Å². The van der Waals surface area contributed by atoms with E-state index in [1.54, 1.807) is 0 Å². The van der Waals surface area contributed by atoms with Crippen LogP contribution in [-0.2, 0) is 0 Å². The first-order chi connectivity index (χ1) is 8.13. The summed E-state index contributed by atoms with van der Waals surface area (Å²) >= 11 is 0. The van der Waals surface area contributed by atoms with E-state index in [0.717, 1.165) is 24.4 Å². The molecule has 0 aromatic carbocycles. The molecule has 1 N–H and O–H groups in total. The van der Waals surface area contributed by atoms with Crippen LogP contribution in [-0.4, -0.2) is 37.1 Å². The van der Waals surface area contributed by atoms with Crippen LogP contribution in [0, 0.1) is 11.8 Å². The van der Waals surface area contributed by atoms with E-state index in [-0.39, 0.29) is 0 Å². The number of nitrogens with zero attached hydrogens (tertiary/aromatic N) is 1. The van der Waals surface area contributed by atoms with Crippen LogP contribution in [0.2, 0.25) is 0 Å². The highest BCUT2D eigenvalue weighted by Gasteiger charge is 2.21. The Bertz CT molecular complexity index is 191. The first kappa shape index (κ1) is 15.0. The first-order valence-corrected chi connectivity index (χ1v) is 7.58. The van der Waals surface area contributed by atoms with Gasteiger partial charge in [0, 0.05) is 12.6 Å². The molecule has 1 rings (SSSR count). The number of nitrogens with one attached hydrogen (secondary N) is 1. The van der Waals surface area contributed by atoms with Gasteiger partial charge in [0.05, 0.1) is 0 Å². The van der Waals surface area contributed by atoms with Crippen molar-refractivity contribution in [2.24, 2.45) is 11.8 Å². The summed E-state index contributed by atoms with van der Waals surface area (Å²) in [5, 5.41) is 3.55. The van der Waals surface area contributed by atoms with Crippen LogP contribution in [0.15, 0.2) is 0 Å². The Kier molecular flexibility index (Phi) is 7.14. The molecule has 2 heteroatoms. The summed E-state index contributed by atoms with van der Waals surface area (Å²) in [6.45, 7) is 14.3. The van der Waals surface area contributed by atoms with Gasteiger partial charge in [-0.2, -0.15) is 0 Å². The molecule has 17 heavy (non-hydrogen) atoms. The van der Waals surface area contributed by atoms with E-state index in [2.05, 4.69) is 37.9 Å². The number of piperidine rings is 1. The van der Waals surface area contributed by atoms with Crippen molar-refractivity contribution in [1.82, 2.24) is 10.2 Å². The highest BCUT2D eigenvalue weighted by atomic mass is 15.2. The Morgan fingerprint density at radius 3 is 2.71 bits per heavy atom. The Morgan fingerprint density at radius 2 is 2.06 bits per heavy atom. The fraction of sp³-hybridized carbons (Fsp3) is 1.00. The van der Waals surface area contributed by atoms with Crippen LogP contribution in [0.4, 0.5) is 0 Å². The molecule has 1 saturated heterocycles. The number of hydrogen-bond acceptors (Lipinski definition) is 2. The largest absolute Gasteiger partial charge is 0.316 e. The third-order valence-electron chi connectivity index (χ3n) is 4.04. The zero-order valence-electron chi connectivity index (χ0n) is 12.3. The van der Waals surface area contributed by atoms with E-state index >= 15 is 0 Å². The van der Waals surface area contributed by atoms with Gasteiger partial charge >= 0.3 is 0 Å². The van der Waals surface area contributed by atoms with E-state index in [1.807, 2.05) is 0 Å². The summed E-state index contributed by atoms with van der Waals surface area (Å²) in [5.74, 6) is 1.72. The van der Waals surface area contributed by atoms with Crippen molar-refractivity contribution in [3.05, 3.63) is 0 Å². The van der Waals surface area contributed by atoms with Crippen LogP contribution in [0.5, 0.6) is 0 Å². The maximum atomic E-state index is 3.55. The fourth-order valence-electron chi connectivity index (χ4n) is 2.72. The highest BCUT2D eigenvalue weighted by molar-refractivity contribution is 4.76. The maximum Gasteiger partial charge on any atom is 0.00791 e. The third-order valence-corrected chi connectivity index (χ3v) is 4.04. The van der Waals surface area contributed by atoms with Crippen LogP contribution >= 0.6 is 0 Å². The standard InChI is InChI=1S/C15H32N2/c1-5-15-7-6-10-17(12-15)14(4)8-9-16-11-13(2)3/h13-16H,5-12H2,1-4H3. The van der Waals surface area contributed by atoms with Crippen molar-refractivity contribution in [3.8, 4) is 0 Å². The summed E-state index contributed by atoms with van der Waals surface area (Å²) in [4.78, 5) is 2.70. The Hall–Kier alpha value is -0.0800. The average molecular weight is 240 g/mol. The van der Waals surface area contributed by atoms with Crippen molar-refractivity contribution >= 4 is 0 Å². The molecule has 0 spiro atoms. The van der Waals surface area contributed by atoms with Crippen LogP contribution < -0.4 is 5.32 Å². The molecule has 0 saturated carbocycles. The molecule has 1 fully saturated rings. The lowest BCUT2D eigenvalue weighted by atomic mass is 9.94. The van der Waals surface area contributed by atoms with Gasteiger partial charge in [-0.25, -0.2) is 0 Å². The molecule has 0 bridgehead atoms. The monoisotopic (exact) mass is 240 g/mol. The highest BCUT2D eigenvalue weighted by Crippen LogP contribution is 2.21. The summed E-state index contributed by atoms with van der Waals surface area (Å²) in [6.07, 6.45) is 5.51. The van der Waals surface area contributed by atoms with E-state index < -0.39 is 0 Å². The van der Waals surface area contributed by atoms with Crippen molar-refractivity contribution < 1.29 is 0 Å². The van der Waals surface area contributed by atoms with Crippen molar-refractivity contribution in [2.45, 2.75) is 59.4 Å². The van der Waals surface area contributed by atoms with E-state index in [9.17, 15) is 0 Å². The topological polar surface area (TPSA) is 15.3 Å². The molecule has 2 nitrogen and oxygen atoms in total. The molecule has 102 valence electrons. The third kappa shape index (κ3) is 5.87. The van der Waals surface area contributed by atoms with Crippen molar-refractivity contribution in [2.75, 3.05) is 26.2 Å². The van der Waals surface area contributed by atoms with Gasteiger partial charge < -0.3 is 10.2 Å². The Morgan fingerprint density at radius 1 is 1.29 bits per heavy atom. The smallest absolute Gasteiger partial charge is 0.00791 e. The van der Waals surface area contributed by atoms with Gasteiger partial charge in [0.25, 0.3) is 0 Å². The molecular weight excluding hydrogens is 208 g/mol. The van der Waals surface area contributed by atoms with E-state index in [0.29, 0.717) is 0 Å². The quantitative estimate of drug-likeness (QED) is 0.688. The van der Waals surface area contributed by atoms with Crippen LogP contribution in [0.3, 0.4) is 0 Å². The minimum atomic E-state index is 0.754. The van der Waals surface area contributed by atoms with Gasteiger partial charge in [0.2, 0.25) is 0 Å². The predicted molar refractivity (Wildman–Crippen MR) is 76.4 cm³/mol. The molecule has 2 atom stereocenters. The minimum Gasteiger partial charge on any atom is -0.316 e. The Labute approximate surface area is 108 Å². The molecule has 1 heterocycles. The van der Waals surface area contributed by atoms with Gasteiger partial charge in [0.15, 0.2) is 0 Å². The summed E-state index contributed by atoms with van der Waals surface area (Å²) in [5.41, 5.74) is 0. The lowest BCUT2D eigenvalue weighted by Crippen LogP contribution is -2.42. The van der Waals surface area contributed by atoms with Crippen LogP contribution in [0.25, 0.3) is 0 Å². The SMILES string of the molecule is CCC1CCCN(C(C)CCNCC(C)C)C1. The van der Waals surface area contributed by atoms with Gasteiger partial charge in [-0.1, -0.05) is 27.2 Å². The first-order valence-electron chi connectivity index (χ1n) is 7.58. The maximum absolute atomic E-state index is 3.55. The molecule has 2 unspecified atom stereocenters. The molecule has 0 aromatic rings. The van der Waals surface area contributed by atoms with Gasteiger partial charge in [-0.15, -0.1) is 0 Å². The zero-order valence-corrected chi connectivity index (χ0v) is 12.3. The molecule has 0 aromatic heterocycles. The molecule has 0 radical (unpaired) electrons. The summed E-state index contributed by atoms with van der Waals surface area (Å²) < 4.78 is 0. The van der Waals surface area contributed by atoms with Gasteiger partial charge in [0.1, 0.15) is 0 Å². The minimum absolute atomic E-state index is 0.754. The number of rotatable bonds is 7. The van der Waals surface area contributed by atoms with Gasteiger partial charge in [-0.3, -0.25) is 0 Å². The molecule has 1 aliphatic heterocycles. The van der Waals surface area contributed by atoms with Crippen molar-refractivity contribution in [1.29, 1.82) is 0 Å². The molecule has 1 aliphatic rings. The number of hydrogen-bond donors (Lipinski definition) is 1. The second kappa shape index (κ2) is 8.10. The normalized spacial score (nSPS) is 24.2. The predicted octanol–water partition coefficient (Wildman–Crippen LogP) is 3.13. The molecule has 0 amide bonds. The second-order valence-electron chi connectivity index (χ2n) is 6.15. The molecule has 0 aliphatic carbocycles.